The molecule has 6 nitrogen and oxygen atoms in total. The third kappa shape index (κ3) is 5.32. The summed E-state index contributed by atoms with van der Waals surface area (Å²) >= 11 is 0. The molecule has 1 fully saturated rings. The molecule has 1 amide bonds. The van der Waals surface area contributed by atoms with Gasteiger partial charge in [0.25, 0.3) is 0 Å². The van der Waals surface area contributed by atoms with Gasteiger partial charge in [-0.2, -0.15) is 0 Å². The van der Waals surface area contributed by atoms with Crippen LogP contribution in [-0.4, -0.2) is 72.2 Å². The summed E-state index contributed by atoms with van der Waals surface area (Å²) in [6, 6.07) is 9.46. The van der Waals surface area contributed by atoms with E-state index in [0.29, 0.717) is 39.4 Å². The molecule has 1 aromatic carbocycles. The van der Waals surface area contributed by atoms with Crippen molar-refractivity contribution in [1.82, 2.24) is 9.80 Å². The molecule has 1 unspecified atom stereocenters. The van der Waals surface area contributed by atoms with E-state index in [1.54, 1.807) is 4.90 Å². The third-order valence-electron chi connectivity index (χ3n) is 4.30. The number of piperazine rings is 1. The largest absolute Gasteiger partial charge is 0.481 e. The first-order valence-electron chi connectivity index (χ1n) is 8.48. The summed E-state index contributed by atoms with van der Waals surface area (Å²) in [6.07, 6.45) is 0.655. The van der Waals surface area contributed by atoms with E-state index >= 15 is 0 Å². The number of nitrogens with zero attached hydrogens (tertiary/aromatic N) is 2. The predicted octanol–water partition coefficient (Wildman–Crippen LogP) is 1.25. The van der Waals surface area contributed by atoms with Gasteiger partial charge in [0, 0.05) is 32.8 Å². The Morgan fingerprint density at radius 3 is 2.67 bits per heavy atom. The van der Waals surface area contributed by atoms with Crippen molar-refractivity contribution >= 4 is 11.9 Å². The normalized spacial score (nSPS) is 18.8. The summed E-state index contributed by atoms with van der Waals surface area (Å²) in [4.78, 5) is 27.5. The molecule has 0 bridgehead atoms. The third-order valence-corrected chi connectivity index (χ3v) is 4.30. The van der Waals surface area contributed by atoms with Gasteiger partial charge in [-0.1, -0.05) is 30.3 Å². The molecule has 0 aliphatic carbocycles. The van der Waals surface area contributed by atoms with E-state index in [0.717, 1.165) is 6.42 Å². The number of carbonyl (C=O) groups excluding carboxylic acids is 1. The molecule has 0 saturated carbocycles. The highest BCUT2D eigenvalue weighted by molar-refractivity contribution is 5.86. The zero-order valence-electron chi connectivity index (χ0n) is 14.2. The topological polar surface area (TPSA) is 70.1 Å². The quantitative estimate of drug-likeness (QED) is 0.689. The Hall–Kier alpha value is -1.92. The Morgan fingerprint density at radius 2 is 2.00 bits per heavy atom. The van der Waals surface area contributed by atoms with Crippen LogP contribution >= 0.6 is 0 Å². The van der Waals surface area contributed by atoms with E-state index in [2.05, 4.69) is 0 Å². The minimum absolute atomic E-state index is 0.101. The highest BCUT2D eigenvalue weighted by Crippen LogP contribution is 2.16. The molecule has 6 heteroatoms. The van der Waals surface area contributed by atoms with Crippen molar-refractivity contribution in [3.63, 3.8) is 0 Å². The standard InChI is InChI=1S/C18H26N2O4/c1-2-24-13-12-20-11-10-19(16(18(20)23)14-17(21)22)9-8-15-6-4-3-5-7-15/h3-7,16H,2,8-14H2,1H3,(H,21,22). The maximum atomic E-state index is 12.6. The molecule has 2 rings (SSSR count). The van der Waals surface area contributed by atoms with Gasteiger partial charge >= 0.3 is 5.97 Å². The van der Waals surface area contributed by atoms with E-state index in [-0.39, 0.29) is 12.3 Å². The SMILES string of the molecule is CCOCCN1CCN(CCc2ccccc2)C(CC(=O)O)C1=O. The van der Waals surface area contributed by atoms with Crippen molar-refractivity contribution in [2.24, 2.45) is 0 Å². The Balaban J connectivity index is 1.96. The number of amides is 1. The Bertz CT molecular complexity index is 535. The summed E-state index contributed by atoms with van der Waals surface area (Å²) in [5.41, 5.74) is 1.19. The molecule has 1 atom stereocenters. The van der Waals surface area contributed by atoms with Crippen molar-refractivity contribution in [3.05, 3.63) is 35.9 Å². The summed E-state index contributed by atoms with van der Waals surface area (Å²) in [6.45, 7) is 5.55. The molecule has 1 heterocycles. The molecular formula is C18H26N2O4. The van der Waals surface area contributed by atoms with Crippen molar-refractivity contribution < 1.29 is 19.4 Å². The number of rotatable bonds is 9. The fraction of sp³-hybridized carbons (Fsp3) is 0.556. The molecular weight excluding hydrogens is 308 g/mol. The van der Waals surface area contributed by atoms with Crippen LogP contribution in [-0.2, 0) is 20.7 Å². The number of carboxylic acids is 1. The zero-order chi connectivity index (χ0) is 17.4. The smallest absolute Gasteiger partial charge is 0.305 e. The van der Waals surface area contributed by atoms with Crippen LogP contribution in [0.1, 0.15) is 18.9 Å². The van der Waals surface area contributed by atoms with Gasteiger partial charge in [-0.25, -0.2) is 0 Å². The summed E-state index contributed by atoms with van der Waals surface area (Å²) in [7, 11) is 0. The summed E-state index contributed by atoms with van der Waals surface area (Å²) < 4.78 is 5.31. The van der Waals surface area contributed by atoms with Crippen molar-refractivity contribution in [2.45, 2.75) is 25.8 Å². The van der Waals surface area contributed by atoms with Gasteiger partial charge in [-0.3, -0.25) is 14.5 Å². The van der Waals surface area contributed by atoms with Crippen LogP contribution < -0.4 is 0 Å². The average Bonchev–Trinajstić information content (AvgIpc) is 2.58. The van der Waals surface area contributed by atoms with Gasteiger partial charge < -0.3 is 14.7 Å². The van der Waals surface area contributed by atoms with E-state index in [1.165, 1.54) is 5.56 Å². The molecule has 1 saturated heterocycles. The molecule has 1 aliphatic rings. The van der Waals surface area contributed by atoms with Crippen LogP contribution in [0.15, 0.2) is 30.3 Å². The molecule has 0 spiro atoms. The summed E-state index contributed by atoms with van der Waals surface area (Å²) in [5.74, 6) is -1.04. The van der Waals surface area contributed by atoms with E-state index in [1.807, 2.05) is 42.2 Å². The fourth-order valence-corrected chi connectivity index (χ4v) is 2.99. The van der Waals surface area contributed by atoms with Gasteiger partial charge in [-0.05, 0) is 18.9 Å². The van der Waals surface area contributed by atoms with Crippen molar-refractivity contribution in [3.8, 4) is 0 Å². The minimum atomic E-state index is -0.940. The monoisotopic (exact) mass is 334 g/mol. The number of ether oxygens (including phenoxy) is 1. The minimum Gasteiger partial charge on any atom is -0.481 e. The Labute approximate surface area is 143 Å². The molecule has 1 aliphatic heterocycles. The first-order valence-corrected chi connectivity index (χ1v) is 8.48. The van der Waals surface area contributed by atoms with Crippen LogP contribution in [0, 0.1) is 0 Å². The van der Waals surface area contributed by atoms with Crippen LogP contribution in [0.25, 0.3) is 0 Å². The van der Waals surface area contributed by atoms with Crippen LogP contribution in [0.4, 0.5) is 0 Å². The number of aliphatic carboxylic acids is 1. The number of carbonyl (C=O) groups is 2. The number of hydrogen-bond acceptors (Lipinski definition) is 4. The maximum absolute atomic E-state index is 12.6. The lowest BCUT2D eigenvalue weighted by atomic mass is 10.1. The van der Waals surface area contributed by atoms with Gasteiger partial charge in [0.05, 0.1) is 19.1 Å². The van der Waals surface area contributed by atoms with Gasteiger partial charge in [0.1, 0.15) is 0 Å². The lowest BCUT2D eigenvalue weighted by molar-refractivity contribution is -0.149. The maximum Gasteiger partial charge on any atom is 0.305 e. The lowest BCUT2D eigenvalue weighted by Crippen LogP contribution is -2.58. The van der Waals surface area contributed by atoms with E-state index in [9.17, 15) is 9.59 Å². The van der Waals surface area contributed by atoms with Crippen molar-refractivity contribution in [2.75, 3.05) is 39.4 Å². The Kier molecular flexibility index (Phi) is 7.21. The molecule has 24 heavy (non-hydrogen) atoms. The molecule has 1 N–H and O–H groups in total. The summed E-state index contributed by atoms with van der Waals surface area (Å²) in [5, 5.41) is 9.16. The van der Waals surface area contributed by atoms with Crippen LogP contribution in [0.2, 0.25) is 0 Å². The van der Waals surface area contributed by atoms with E-state index < -0.39 is 12.0 Å². The number of benzene rings is 1. The fourth-order valence-electron chi connectivity index (χ4n) is 2.99. The second kappa shape index (κ2) is 9.39. The van der Waals surface area contributed by atoms with Gasteiger partial charge in [-0.15, -0.1) is 0 Å². The van der Waals surface area contributed by atoms with Gasteiger partial charge in [0.2, 0.25) is 5.91 Å². The number of hydrogen-bond donors (Lipinski definition) is 1. The highest BCUT2D eigenvalue weighted by atomic mass is 16.5. The molecule has 132 valence electrons. The second-order valence-corrected chi connectivity index (χ2v) is 5.91. The van der Waals surface area contributed by atoms with Crippen LogP contribution in [0.5, 0.6) is 0 Å². The molecule has 0 radical (unpaired) electrons. The highest BCUT2D eigenvalue weighted by Gasteiger charge is 2.35. The number of carboxylic acid groups (broad SMARTS) is 1. The lowest BCUT2D eigenvalue weighted by Gasteiger charge is -2.40. The first kappa shape index (κ1) is 18.4. The predicted molar refractivity (Wildman–Crippen MR) is 90.8 cm³/mol. The van der Waals surface area contributed by atoms with E-state index in [4.69, 9.17) is 9.84 Å². The molecule has 1 aromatic rings. The average molecular weight is 334 g/mol. The van der Waals surface area contributed by atoms with Crippen LogP contribution in [0.3, 0.4) is 0 Å². The zero-order valence-corrected chi connectivity index (χ0v) is 14.2. The first-order chi connectivity index (χ1) is 11.6. The molecule has 0 aromatic heterocycles. The van der Waals surface area contributed by atoms with Crippen molar-refractivity contribution in [1.29, 1.82) is 0 Å². The van der Waals surface area contributed by atoms with Gasteiger partial charge in [0.15, 0.2) is 0 Å². The Morgan fingerprint density at radius 1 is 1.25 bits per heavy atom. The second-order valence-electron chi connectivity index (χ2n) is 5.91.